The lowest BCUT2D eigenvalue weighted by Gasteiger charge is -2.09. The van der Waals surface area contributed by atoms with Gasteiger partial charge in [-0.15, -0.1) is 0 Å². The van der Waals surface area contributed by atoms with E-state index in [1.807, 2.05) is 42.5 Å². The van der Waals surface area contributed by atoms with Crippen LogP contribution in [0.4, 0.5) is 0 Å². The minimum Gasteiger partial charge on any atom is -0.441 e. The lowest BCUT2D eigenvalue weighted by Crippen LogP contribution is -2.02. The van der Waals surface area contributed by atoms with E-state index in [1.54, 1.807) is 0 Å². The standard InChI is InChI=1S/C15H11Br2NO2/c16-10-5-9(6-11(17)7-10)13(19)8-15-18-12-3-1-2-4-14(12)20-15/h1-7,13,19H,8H2. The number of aliphatic hydroxyl groups excluding tert-OH is 1. The summed E-state index contributed by atoms with van der Waals surface area (Å²) in [4.78, 5) is 4.37. The third kappa shape index (κ3) is 2.95. The molecule has 1 N–H and O–H groups in total. The zero-order valence-corrected chi connectivity index (χ0v) is 13.6. The maximum Gasteiger partial charge on any atom is 0.198 e. The maximum absolute atomic E-state index is 10.3. The number of halogens is 2. The molecule has 0 saturated carbocycles. The summed E-state index contributed by atoms with van der Waals surface area (Å²) >= 11 is 6.83. The lowest BCUT2D eigenvalue weighted by atomic mass is 10.1. The van der Waals surface area contributed by atoms with Crippen LogP contribution in [0.5, 0.6) is 0 Å². The molecule has 0 amide bonds. The Morgan fingerprint density at radius 2 is 1.80 bits per heavy atom. The van der Waals surface area contributed by atoms with Crippen LogP contribution in [0.2, 0.25) is 0 Å². The Balaban J connectivity index is 1.86. The molecule has 0 aliphatic heterocycles. The summed E-state index contributed by atoms with van der Waals surface area (Å²) in [6, 6.07) is 13.3. The molecule has 1 heterocycles. The third-order valence-electron chi connectivity index (χ3n) is 2.98. The molecule has 0 saturated heterocycles. The van der Waals surface area contributed by atoms with Gasteiger partial charge in [0.2, 0.25) is 0 Å². The van der Waals surface area contributed by atoms with Crippen molar-refractivity contribution in [3.8, 4) is 0 Å². The summed E-state index contributed by atoms with van der Waals surface area (Å²) in [5.74, 6) is 0.537. The van der Waals surface area contributed by atoms with Crippen LogP contribution in [-0.4, -0.2) is 10.1 Å². The Labute approximate surface area is 132 Å². The molecule has 102 valence electrons. The molecule has 1 aromatic heterocycles. The number of rotatable bonds is 3. The van der Waals surface area contributed by atoms with E-state index in [-0.39, 0.29) is 0 Å². The largest absolute Gasteiger partial charge is 0.441 e. The molecule has 0 fully saturated rings. The highest BCUT2D eigenvalue weighted by molar-refractivity contribution is 9.11. The van der Waals surface area contributed by atoms with Crippen molar-refractivity contribution >= 4 is 43.0 Å². The minimum absolute atomic E-state index is 0.345. The fraction of sp³-hybridized carbons (Fsp3) is 0.133. The first-order valence-corrected chi connectivity index (χ1v) is 7.69. The SMILES string of the molecule is OC(Cc1nc2ccccc2o1)c1cc(Br)cc(Br)c1. The van der Waals surface area contributed by atoms with Crippen molar-refractivity contribution in [3.05, 3.63) is 62.9 Å². The molecule has 3 nitrogen and oxygen atoms in total. The molecule has 0 aliphatic carbocycles. The van der Waals surface area contributed by atoms with Gasteiger partial charge < -0.3 is 9.52 Å². The van der Waals surface area contributed by atoms with Gasteiger partial charge in [0.25, 0.3) is 0 Å². The van der Waals surface area contributed by atoms with Gasteiger partial charge in [0.1, 0.15) is 5.52 Å². The van der Waals surface area contributed by atoms with Crippen LogP contribution in [-0.2, 0) is 6.42 Å². The highest BCUT2D eigenvalue weighted by Crippen LogP contribution is 2.27. The van der Waals surface area contributed by atoms with E-state index in [2.05, 4.69) is 36.8 Å². The summed E-state index contributed by atoms with van der Waals surface area (Å²) in [6.45, 7) is 0. The maximum atomic E-state index is 10.3. The Morgan fingerprint density at radius 3 is 2.50 bits per heavy atom. The molecule has 0 aliphatic rings. The first kappa shape index (κ1) is 13.8. The van der Waals surface area contributed by atoms with Crippen LogP contribution in [0, 0.1) is 0 Å². The van der Waals surface area contributed by atoms with Gasteiger partial charge >= 0.3 is 0 Å². The monoisotopic (exact) mass is 395 g/mol. The smallest absolute Gasteiger partial charge is 0.198 e. The van der Waals surface area contributed by atoms with Gasteiger partial charge in [-0.05, 0) is 35.9 Å². The van der Waals surface area contributed by atoms with Crippen LogP contribution in [0.15, 0.2) is 55.8 Å². The van der Waals surface area contributed by atoms with E-state index < -0.39 is 6.10 Å². The van der Waals surface area contributed by atoms with Gasteiger partial charge in [0.05, 0.1) is 12.5 Å². The highest BCUT2D eigenvalue weighted by Gasteiger charge is 2.14. The average molecular weight is 397 g/mol. The number of aliphatic hydroxyl groups is 1. The van der Waals surface area contributed by atoms with Crippen molar-refractivity contribution in [2.24, 2.45) is 0 Å². The Kier molecular flexibility index (Phi) is 3.92. The molecule has 1 unspecified atom stereocenters. The zero-order valence-electron chi connectivity index (χ0n) is 10.4. The number of fused-ring (bicyclic) bond motifs is 1. The van der Waals surface area contributed by atoms with E-state index in [9.17, 15) is 5.11 Å². The molecule has 3 aromatic rings. The molecule has 5 heteroatoms. The molecule has 3 rings (SSSR count). The van der Waals surface area contributed by atoms with Crippen molar-refractivity contribution in [3.63, 3.8) is 0 Å². The lowest BCUT2D eigenvalue weighted by molar-refractivity contribution is 0.169. The predicted molar refractivity (Wildman–Crippen MR) is 84.5 cm³/mol. The van der Waals surface area contributed by atoms with Crippen LogP contribution < -0.4 is 0 Å². The van der Waals surface area contributed by atoms with Gasteiger partial charge in [-0.3, -0.25) is 0 Å². The molecule has 0 radical (unpaired) electrons. The Morgan fingerprint density at radius 1 is 1.10 bits per heavy atom. The summed E-state index contributed by atoms with van der Waals surface area (Å²) in [5.41, 5.74) is 2.36. The Bertz CT molecular complexity index is 701. The van der Waals surface area contributed by atoms with Crippen molar-refractivity contribution in [2.75, 3.05) is 0 Å². The molecule has 2 aromatic carbocycles. The second-order valence-corrected chi connectivity index (χ2v) is 6.33. The van der Waals surface area contributed by atoms with E-state index >= 15 is 0 Å². The zero-order chi connectivity index (χ0) is 14.1. The first-order valence-electron chi connectivity index (χ1n) is 6.10. The fourth-order valence-electron chi connectivity index (χ4n) is 2.06. The number of nitrogens with zero attached hydrogens (tertiary/aromatic N) is 1. The summed E-state index contributed by atoms with van der Waals surface area (Å²) < 4.78 is 7.46. The molecule has 20 heavy (non-hydrogen) atoms. The molecule has 1 atom stereocenters. The van der Waals surface area contributed by atoms with Crippen LogP contribution in [0.1, 0.15) is 17.6 Å². The predicted octanol–water partition coefficient (Wildman–Crippen LogP) is 4.63. The van der Waals surface area contributed by atoms with Gasteiger partial charge in [-0.2, -0.15) is 0 Å². The number of hydrogen-bond donors (Lipinski definition) is 1. The van der Waals surface area contributed by atoms with E-state index in [4.69, 9.17) is 4.42 Å². The molecule has 0 bridgehead atoms. The normalized spacial score (nSPS) is 12.8. The second kappa shape index (κ2) is 5.68. The van der Waals surface area contributed by atoms with Crippen molar-refractivity contribution in [2.45, 2.75) is 12.5 Å². The topological polar surface area (TPSA) is 46.3 Å². The third-order valence-corrected chi connectivity index (χ3v) is 3.89. The summed E-state index contributed by atoms with van der Waals surface area (Å²) in [6.07, 6.45) is -0.311. The van der Waals surface area contributed by atoms with Crippen LogP contribution >= 0.6 is 31.9 Å². The van der Waals surface area contributed by atoms with Crippen LogP contribution in [0.25, 0.3) is 11.1 Å². The first-order chi connectivity index (χ1) is 9.61. The number of benzene rings is 2. The van der Waals surface area contributed by atoms with Gasteiger partial charge in [-0.1, -0.05) is 44.0 Å². The van der Waals surface area contributed by atoms with Crippen molar-refractivity contribution < 1.29 is 9.52 Å². The van der Waals surface area contributed by atoms with Gasteiger partial charge in [-0.25, -0.2) is 4.98 Å². The molecular formula is C15H11Br2NO2. The van der Waals surface area contributed by atoms with E-state index in [0.29, 0.717) is 12.3 Å². The van der Waals surface area contributed by atoms with Gasteiger partial charge in [0, 0.05) is 8.95 Å². The van der Waals surface area contributed by atoms with E-state index in [0.717, 1.165) is 25.6 Å². The summed E-state index contributed by atoms with van der Waals surface area (Å²) in [7, 11) is 0. The minimum atomic E-state index is -0.656. The van der Waals surface area contributed by atoms with E-state index in [1.165, 1.54) is 0 Å². The van der Waals surface area contributed by atoms with Crippen molar-refractivity contribution in [1.82, 2.24) is 4.98 Å². The fourth-order valence-corrected chi connectivity index (χ4v) is 3.39. The number of para-hydroxylation sites is 2. The van der Waals surface area contributed by atoms with Crippen molar-refractivity contribution in [1.29, 1.82) is 0 Å². The number of oxazole rings is 1. The van der Waals surface area contributed by atoms with Gasteiger partial charge in [0.15, 0.2) is 11.5 Å². The molecule has 0 spiro atoms. The average Bonchev–Trinajstić information content (AvgIpc) is 2.79. The van der Waals surface area contributed by atoms with Crippen LogP contribution in [0.3, 0.4) is 0 Å². The highest BCUT2D eigenvalue weighted by atomic mass is 79.9. The number of aromatic nitrogens is 1. The Hall–Kier alpha value is -1.17. The summed E-state index contributed by atoms with van der Waals surface area (Å²) in [5, 5.41) is 10.3. The second-order valence-electron chi connectivity index (χ2n) is 4.50. The molecular weight excluding hydrogens is 386 g/mol. The number of hydrogen-bond acceptors (Lipinski definition) is 3. The quantitative estimate of drug-likeness (QED) is 0.701.